The first kappa shape index (κ1) is 11.1. The predicted octanol–water partition coefficient (Wildman–Crippen LogP) is 1.40. The van der Waals surface area contributed by atoms with Gasteiger partial charge in [-0.15, -0.1) is 0 Å². The van der Waals surface area contributed by atoms with E-state index >= 15 is 0 Å². The number of nitrogens with two attached hydrogens (primary N) is 1. The van der Waals surface area contributed by atoms with Gasteiger partial charge in [0.15, 0.2) is 5.82 Å². The highest BCUT2D eigenvalue weighted by atomic mass is 35.5. The SMILES string of the molecule is COCCN(C)c1ncc(Cl)cc1N. The summed E-state index contributed by atoms with van der Waals surface area (Å²) in [6.07, 6.45) is 1.58. The molecule has 0 bridgehead atoms. The topological polar surface area (TPSA) is 51.4 Å². The van der Waals surface area contributed by atoms with Crippen LogP contribution >= 0.6 is 11.6 Å². The van der Waals surface area contributed by atoms with Crippen LogP contribution in [0, 0.1) is 0 Å². The van der Waals surface area contributed by atoms with E-state index in [2.05, 4.69) is 4.98 Å². The van der Waals surface area contributed by atoms with Gasteiger partial charge in [0.05, 0.1) is 17.3 Å². The van der Waals surface area contributed by atoms with E-state index in [1.165, 1.54) is 0 Å². The molecule has 0 fully saturated rings. The Hall–Kier alpha value is -1.00. The third kappa shape index (κ3) is 2.75. The van der Waals surface area contributed by atoms with Crippen molar-refractivity contribution in [2.75, 3.05) is 37.9 Å². The Labute approximate surface area is 88.6 Å². The Morgan fingerprint density at radius 1 is 1.64 bits per heavy atom. The Morgan fingerprint density at radius 2 is 2.36 bits per heavy atom. The van der Waals surface area contributed by atoms with Crippen molar-refractivity contribution in [1.29, 1.82) is 0 Å². The van der Waals surface area contributed by atoms with Crippen LogP contribution in [-0.2, 0) is 4.74 Å². The number of nitrogens with zero attached hydrogens (tertiary/aromatic N) is 2. The molecule has 0 atom stereocenters. The van der Waals surface area contributed by atoms with E-state index in [1.807, 2.05) is 11.9 Å². The number of anilines is 2. The van der Waals surface area contributed by atoms with Crippen molar-refractivity contribution in [3.63, 3.8) is 0 Å². The number of likely N-dealkylation sites (N-methyl/N-ethyl adjacent to an activating group) is 1. The molecule has 1 heterocycles. The van der Waals surface area contributed by atoms with Gasteiger partial charge < -0.3 is 15.4 Å². The number of aromatic nitrogens is 1. The highest BCUT2D eigenvalue weighted by Crippen LogP contribution is 2.21. The maximum Gasteiger partial charge on any atom is 0.151 e. The molecule has 14 heavy (non-hydrogen) atoms. The average molecular weight is 216 g/mol. The van der Waals surface area contributed by atoms with Gasteiger partial charge in [0, 0.05) is 26.9 Å². The number of pyridine rings is 1. The van der Waals surface area contributed by atoms with E-state index in [-0.39, 0.29) is 0 Å². The monoisotopic (exact) mass is 215 g/mol. The number of halogens is 1. The molecule has 78 valence electrons. The number of rotatable bonds is 4. The minimum Gasteiger partial charge on any atom is -0.396 e. The molecule has 0 spiro atoms. The van der Waals surface area contributed by atoms with Crippen molar-refractivity contribution < 1.29 is 4.74 Å². The molecule has 0 aliphatic heterocycles. The van der Waals surface area contributed by atoms with Gasteiger partial charge in [-0.1, -0.05) is 11.6 Å². The zero-order valence-electron chi connectivity index (χ0n) is 8.33. The quantitative estimate of drug-likeness (QED) is 0.825. The van der Waals surface area contributed by atoms with Crippen molar-refractivity contribution in [3.8, 4) is 0 Å². The fourth-order valence-corrected chi connectivity index (χ4v) is 1.27. The van der Waals surface area contributed by atoms with Gasteiger partial charge in [-0.25, -0.2) is 4.98 Å². The summed E-state index contributed by atoms with van der Waals surface area (Å²) in [5.41, 5.74) is 6.34. The summed E-state index contributed by atoms with van der Waals surface area (Å²) < 4.78 is 4.96. The lowest BCUT2D eigenvalue weighted by Gasteiger charge is -2.19. The minimum atomic E-state index is 0.548. The van der Waals surface area contributed by atoms with Crippen LogP contribution in [0.2, 0.25) is 5.02 Å². The maximum absolute atomic E-state index is 5.76. The molecule has 1 aromatic heterocycles. The van der Waals surface area contributed by atoms with E-state index in [0.29, 0.717) is 17.3 Å². The van der Waals surface area contributed by atoms with Gasteiger partial charge in [-0.05, 0) is 6.07 Å². The molecule has 4 nitrogen and oxygen atoms in total. The van der Waals surface area contributed by atoms with Crippen LogP contribution in [0.3, 0.4) is 0 Å². The van der Waals surface area contributed by atoms with Crippen LogP contribution in [0.4, 0.5) is 11.5 Å². The zero-order valence-corrected chi connectivity index (χ0v) is 9.08. The van der Waals surface area contributed by atoms with Gasteiger partial charge in [0.1, 0.15) is 0 Å². The molecular formula is C9H14ClN3O. The van der Waals surface area contributed by atoms with E-state index < -0.39 is 0 Å². The van der Waals surface area contributed by atoms with Gasteiger partial charge in [-0.3, -0.25) is 0 Å². The molecule has 1 rings (SSSR count). The van der Waals surface area contributed by atoms with Crippen molar-refractivity contribution >= 4 is 23.1 Å². The lowest BCUT2D eigenvalue weighted by Crippen LogP contribution is -2.24. The fraction of sp³-hybridized carbons (Fsp3) is 0.444. The van der Waals surface area contributed by atoms with Gasteiger partial charge >= 0.3 is 0 Å². The van der Waals surface area contributed by atoms with E-state index in [0.717, 1.165) is 12.4 Å². The van der Waals surface area contributed by atoms with Crippen LogP contribution in [0.15, 0.2) is 12.3 Å². The first-order valence-corrected chi connectivity index (χ1v) is 4.64. The van der Waals surface area contributed by atoms with Crippen LogP contribution in [0.5, 0.6) is 0 Å². The van der Waals surface area contributed by atoms with E-state index in [1.54, 1.807) is 19.4 Å². The molecule has 0 unspecified atom stereocenters. The highest BCUT2D eigenvalue weighted by Gasteiger charge is 2.06. The normalized spacial score (nSPS) is 10.2. The second kappa shape index (κ2) is 5.02. The number of hydrogen-bond acceptors (Lipinski definition) is 4. The van der Waals surface area contributed by atoms with Crippen LogP contribution in [-0.4, -0.2) is 32.3 Å². The number of hydrogen-bond donors (Lipinski definition) is 1. The first-order chi connectivity index (χ1) is 6.65. The van der Waals surface area contributed by atoms with Gasteiger partial charge in [0.2, 0.25) is 0 Å². The molecule has 1 aromatic rings. The molecule has 0 aromatic carbocycles. The molecule has 0 aliphatic rings. The first-order valence-electron chi connectivity index (χ1n) is 4.26. The molecular weight excluding hydrogens is 202 g/mol. The fourth-order valence-electron chi connectivity index (χ4n) is 1.10. The largest absolute Gasteiger partial charge is 0.396 e. The summed E-state index contributed by atoms with van der Waals surface area (Å²) in [6.45, 7) is 1.38. The second-order valence-electron chi connectivity index (χ2n) is 2.98. The summed E-state index contributed by atoms with van der Waals surface area (Å²) in [5.74, 6) is 0.728. The standard InChI is InChI=1S/C9H14ClN3O/c1-13(3-4-14-2)9-8(11)5-7(10)6-12-9/h5-6H,3-4,11H2,1-2H3. The molecule has 2 N–H and O–H groups in total. The predicted molar refractivity (Wildman–Crippen MR) is 58.8 cm³/mol. The number of nitrogen functional groups attached to an aromatic ring is 1. The van der Waals surface area contributed by atoms with E-state index in [9.17, 15) is 0 Å². The molecule has 0 saturated heterocycles. The van der Waals surface area contributed by atoms with Crippen LogP contribution in [0.25, 0.3) is 0 Å². The Morgan fingerprint density at radius 3 is 2.93 bits per heavy atom. The molecule has 5 heteroatoms. The van der Waals surface area contributed by atoms with Crippen LogP contribution in [0.1, 0.15) is 0 Å². The van der Waals surface area contributed by atoms with Crippen molar-refractivity contribution in [1.82, 2.24) is 4.98 Å². The third-order valence-corrected chi connectivity index (χ3v) is 2.06. The number of ether oxygens (including phenoxy) is 1. The average Bonchev–Trinajstić information content (AvgIpc) is 2.14. The molecule has 0 radical (unpaired) electrons. The summed E-state index contributed by atoms with van der Waals surface area (Å²) >= 11 is 5.74. The third-order valence-electron chi connectivity index (χ3n) is 1.85. The summed E-state index contributed by atoms with van der Waals surface area (Å²) in [7, 11) is 3.57. The van der Waals surface area contributed by atoms with Crippen molar-refractivity contribution in [2.45, 2.75) is 0 Å². The lowest BCUT2D eigenvalue weighted by atomic mass is 10.3. The minimum absolute atomic E-state index is 0.548. The van der Waals surface area contributed by atoms with Gasteiger partial charge in [-0.2, -0.15) is 0 Å². The lowest BCUT2D eigenvalue weighted by molar-refractivity contribution is 0.206. The van der Waals surface area contributed by atoms with Crippen molar-refractivity contribution in [3.05, 3.63) is 17.3 Å². The number of methoxy groups -OCH3 is 1. The second-order valence-corrected chi connectivity index (χ2v) is 3.42. The van der Waals surface area contributed by atoms with Crippen molar-refractivity contribution in [2.24, 2.45) is 0 Å². The molecule has 0 aliphatic carbocycles. The Balaban J connectivity index is 2.74. The highest BCUT2D eigenvalue weighted by molar-refractivity contribution is 6.30. The molecule has 0 amide bonds. The summed E-state index contributed by atoms with van der Waals surface area (Å²) in [5, 5.41) is 0.548. The summed E-state index contributed by atoms with van der Waals surface area (Å²) in [6, 6.07) is 1.69. The van der Waals surface area contributed by atoms with Gasteiger partial charge in [0.25, 0.3) is 0 Å². The Bertz CT molecular complexity index is 306. The zero-order chi connectivity index (χ0) is 10.6. The van der Waals surface area contributed by atoms with Crippen LogP contribution < -0.4 is 10.6 Å². The smallest absolute Gasteiger partial charge is 0.151 e. The Kier molecular flexibility index (Phi) is 3.98. The maximum atomic E-state index is 5.76. The summed E-state index contributed by atoms with van der Waals surface area (Å²) in [4.78, 5) is 6.07. The molecule has 0 saturated carbocycles. The van der Waals surface area contributed by atoms with E-state index in [4.69, 9.17) is 22.1 Å².